The quantitative estimate of drug-likeness (QED) is 0.728. The van der Waals surface area contributed by atoms with Gasteiger partial charge in [-0.05, 0) is 42.2 Å². The molecule has 3 heterocycles. The molecule has 1 aromatic carbocycles. The summed E-state index contributed by atoms with van der Waals surface area (Å²) in [6, 6.07) is 6.49. The highest BCUT2D eigenvalue weighted by molar-refractivity contribution is 7.98. The number of furan rings is 1. The second kappa shape index (κ2) is 5.79. The third-order valence-corrected chi connectivity index (χ3v) is 4.18. The van der Waals surface area contributed by atoms with Crippen molar-refractivity contribution in [2.75, 3.05) is 11.6 Å². The van der Waals surface area contributed by atoms with Crippen LogP contribution in [0.1, 0.15) is 17.4 Å². The molecule has 0 unspecified atom stereocenters. The first kappa shape index (κ1) is 14.9. The van der Waals surface area contributed by atoms with E-state index in [-0.39, 0.29) is 0 Å². The number of rotatable bonds is 3. The van der Waals surface area contributed by atoms with Gasteiger partial charge in [0.25, 0.3) is 0 Å². The summed E-state index contributed by atoms with van der Waals surface area (Å²) in [6.07, 6.45) is 5.22. The number of hydrogen-bond acceptors (Lipinski definition) is 5. The number of nitrogens with zero attached hydrogens (tertiary/aromatic N) is 3. The minimum absolute atomic E-state index is 0.442. The van der Waals surface area contributed by atoms with Gasteiger partial charge < -0.3 is 9.73 Å². The Bertz CT molecular complexity index is 900. The van der Waals surface area contributed by atoms with Crippen LogP contribution in [0, 0.1) is 11.6 Å². The van der Waals surface area contributed by atoms with Crippen LogP contribution in [0.5, 0.6) is 0 Å². The van der Waals surface area contributed by atoms with Crippen LogP contribution in [0.15, 0.2) is 52.2 Å². The molecule has 3 aromatic rings. The van der Waals surface area contributed by atoms with Crippen LogP contribution in [0.25, 0.3) is 5.70 Å². The topological polar surface area (TPSA) is 55.9 Å². The van der Waals surface area contributed by atoms with Gasteiger partial charge >= 0.3 is 0 Å². The fourth-order valence-electron chi connectivity index (χ4n) is 2.62. The average molecular weight is 346 g/mol. The van der Waals surface area contributed by atoms with Crippen LogP contribution in [-0.2, 0) is 0 Å². The van der Waals surface area contributed by atoms with Crippen molar-refractivity contribution in [1.82, 2.24) is 14.8 Å². The van der Waals surface area contributed by atoms with Crippen LogP contribution in [0.4, 0.5) is 14.7 Å². The molecule has 0 bridgehead atoms. The first-order chi connectivity index (χ1) is 11.6. The number of halogens is 2. The molecule has 4 rings (SSSR count). The van der Waals surface area contributed by atoms with E-state index in [0.717, 1.165) is 6.07 Å². The highest BCUT2D eigenvalue weighted by Gasteiger charge is 2.26. The summed E-state index contributed by atoms with van der Waals surface area (Å²) < 4.78 is 34.3. The standard InChI is InChI=1S/C16H12F2N4OS/c1-24-16-20-15-19-12(14-3-2-4-23-14)8-13(22(15)21-16)9-5-10(17)7-11(18)6-9/h2-8,13H,1H3,(H,19,20,21)/t13-/m0/s1. The number of nitrogens with one attached hydrogen (secondary N) is 1. The first-order valence-corrected chi connectivity index (χ1v) is 8.36. The minimum Gasteiger partial charge on any atom is -0.463 e. The molecular formula is C16H12F2N4OS. The Morgan fingerprint density at radius 1 is 1.25 bits per heavy atom. The van der Waals surface area contributed by atoms with E-state index in [1.54, 1.807) is 29.2 Å². The number of thioether (sulfide) groups is 1. The Labute approximate surface area is 140 Å². The first-order valence-electron chi connectivity index (χ1n) is 7.13. The molecule has 1 N–H and O–H groups in total. The number of anilines is 1. The van der Waals surface area contributed by atoms with Crippen LogP contribution < -0.4 is 5.32 Å². The number of benzene rings is 1. The number of fused-ring (bicyclic) bond motifs is 1. The molecule has 2 aromatic heterocycles. The lowest BCUT2D eigenvalue weighted by Crippen LogP contribution is -2.20. The molecule has 122 valence electrons. The van der Waals surface area contributed by atoms with Crippen molar-refractivity contribution in [3.05, 3.63) is 65.6 Å². The van der Waals surface area contributed by atoms with Gasteiger partial charge in [-0.25, -0.2) is 13.5 Å². The maximum atomic E-state index is 13.7. The molecule has 0 saturated carbocycles. The van der Waals surface area contributed by atoms with Crippen molar-refractivity contribution in [3.8, 4) is 0 Å². The lowest BCUT2D eigenvalue weighted by Gasteiger charge is -2.23. The van der Waals surface area contributed by atoms with Gasteiger partial charge in [0, 0.05) is 6.07 Å². The fourth-order valence-corrected chi connectivity index (χ4v) is 2.97. The van der Waals surface area contributed by atoms with E-state index >= 15 is 0 Å². The van der Waals surface area contributed by atoms with E-state index in [1.807, 2.05) is 6.26 Å². The molecule has 0 fully saturated rings. The van der Waals surface area contributed by atoms with Crippen molar-refractivity contribution < 1.29 is 13.2 Å². The Morgan fingerprint density at radius 2 is 2.04 bits per heavy atom. The van der Waals surface area contributed by atoms with E-state index in [1.165, 1.54) is 23.9 Å². The smallest absolute Gasteiger partial charge is 0.227 e. The largest absolute Gasteiger partial charge is 0.463 e. The SMILES string of the molecule is CSc1nc2n(n1)[C@H](c1cc(F)cc(F)c1)C=C(c1ccco1)N2. The molecule has 1 aliphatic heterocycles. The molecular weight excluding hydrogens is 334 g/mol. The molecule has 0 radical (unpaired) electrons. The van der Waals surface area contributed by atoms with Crippen LogP contribution in [0.3, 0.4) is 0 Å². The van der Waals surface area contributed by atoms with Crippen LogP contribution in [0.2, 0.25) is 0 Å². The van der Waals surface area contributed by atoms with E-state index < -0.39 is 17.7 Å². The maximum Gasteiger partial charge on any atom is 0.227 e. The van der Waals surface area contributed by atoms with E-state index in [2.05, 4.69) is 15.4 Å². The molecule has 0 aliphatic carbocycles. The second-order valence-electron chi connectivity index (χ2n) is 5.20. The lowest BCUT2D eigenvalue weighted by molar-refractivity contribution is 0.543. The van der Waals surface area contributed by atoms with Gasteiger partial charge in [-0.2, -0.15) is 4.98 Å². The monoisotopic (exact) mass is 346 g/mol. The summed E-state index contributed by atoms with van der Waals surface area (Å²) in [5.74, 6) is -0.175. The zero-order chi connectivity index (χ0) is 16.7. The van der Waals surface area contributed by atoms with Gasteiger partial charge in [-0.1, -0.05) is 11.8 Å². The maximum absolute atomic E-state index is 13.7. The summed E-state index contributed by atoms with van der Waals surface area (Å²) >= 11 is 1.39. The van der Waals surface area contributed by atoms with Crippen LogP contribution in [-0.4, -0.2) is 21.0 Å². The lowest BCUT2D eigenvalue weighted by atomic mass is 10.0. The summed E-state index contributed by atoms with van der Waals surface area (Å²) in [7, 11) is 0. The zero-order valence-corrected chi connectivity index (χ0v) is 13.3. The summed E-state index contributed by atoms with van der Waals surface area (Å²) in [5.41, 5.74) is 1.11. The van der Waals surface area contributed by atoms with Gasteiger partial charge in [0.15, 0.2) is 0 Å². The van der Waals surface area contributed by atoms with Gasteiger partial charge in [0.2, 0.25) is 11.1 Å². The Kier molecular flexibility index (Phi) is 3.61. The minimum atomic E-state index is -0.636. The molecule has 8 heteroatoms. The molecule has 5 nitrogen and oxygen atoms in total. The van der Waals surface area contributed by atoms with Crippen molar-refractivity contribution in [2.45, 2.75) is 11.2 Å². The predicted molar refractivity (Wildman–Crippen MR) is 86.6 cm³/mol. The molecule has 24 heavy (non-hydrogen) atoms. The fraction of sp³-hybridized carbons (Fsp3) is 0.125. The molecule has 0 spiro atoms. The van der Waals surface area contributed by atoms with E-state index in [0.29, 0.717) is 28.1 Å². The summed E-state index contributed by atoms with van der Waals surface area (Å²) in [5, 5.41) is 8.09. The van der Waals surface area contributed by atoms with E-state index in [9.17, 15) is 8.78 Å². The number of allylic oxidation sites excluding steroid dienone is 1. The van der Waals surface area contributed by atoms with E-state index in [4.69, 9.17) is 4.42 Å². The Morgan fingerprint density at radius 3 is 2.71 bits per heavy atom. The molecule has 0 saturated heterocycles. The number of hydrogen-bond donors (Lipinski definition) is 1. The molecule has 0 amide bonds. The van der Waals surface area contributed by atoms with Crippen molar-refractivity contribution in [2.24, 2.45) is 0 Å². The van der Waals surface area contributed by atoms with Crippen LogP contribution >= 0.6 is 11.8 Å². The van der Waals surface area contributed by atoms with Crippen molar-refractivity contribution >= 4 is 23.4 Å². The van der Waals surface area contributed by atoms with Crippen molar-refractivity contribution in [1.29, 1.82) is 0 Å². The third-order valence-electron chi connectivity index (χ3n) is 3.64. The molecule has 1 atom stereocenters. The predicted octanol–water partition coefficient (Wildman–Crippen LogP) is 3.93. The third kappa shape index (κ3) is 2.58. The average Bonchev–Trinajstić information content (AvgIpc) is 3.21. The normalized spacial score (nSPS) is 16.5. The summed E-state index contributed by atoms with van der Waals surface area (Å²) in [6.45, 7) is 0. The van der Waals surface area contributed by atoms with Crippen molar-refractivity contribution in [3.63, 3.8) is 0 Å². The van der Waals surface area contributed by atoms with Gasteiger partial charge in [-0.15, -0.1) is 5.10 Å². The second-order valence-corrected chi connectivity index (χ2v) is 5.97. The highest BCUT2D eigenvalue weighted by atomic mass is 32.2. The summed E-state index contributed by atoms with van der Waals surface area (Å²) in [4.78, 5) is 4.38. The highest BCUT2D eigenvalue weighted by Crippen LogP contribution is 2.34. The molecule has 1 aliphatic rings. The number of aromatic nitrogens is 3. The van der Waals surface area contributed by atoms with Gasteiger partial charge in [0.1, 0.15) is 23.4 Å². The zero-order valence-electron chi connectivity index (χ0n) is 12.5. The van der Waals surface area contributed by atoms with Gasteiger partial charge in [-0.3, -0.25) is 0 Å². The van der Waals surface area contributed by atoms with Gasteiger partial charge in [0.05, 0.1) is 12.0 Å². The Balaban J connectivity index is 1.86. The Hall–Kier alpha value is -2.61.